The van der Waals surface area contributed by atoms with Crippen molar-refractivity contribution >= 4 is 0 Å². The molecule has 3 N–H and O–H groups in total. The predicted molar refractivity (Wildman–Crippen MR) is 66.6 cm³/mol. The molecule has 0 aliphatic rings. The molecule has 0 bridgehead atoms. The third-order valence-electron chi connectivity index (χ3n) is 2.80. The molecule has 0 aliphatic carbocycles. The Bertz CT molecular complexity index is 436. The molecule has 0 spiro atoms. The Hall–Kier alpha value is -1.81. The van der Waals surface area contributed by atoms with Crippen LogP contribution in [0, 0.1) is 0 Å². The van der Waals surface area contributed by atoms with Crippen LogP contribution in [0.1, 0.15) is 30.6 Å². The lowest BCUT2D eigenvalue weighted by molar-refractivity contribution is 0.473. The first-order valence-corrected chi connectivity index (χ1v) is 5.80. The zero-order valence-corrected chi connectivity index (χ0v) is 9.85. The number of rotatable bonds is 5. The Kier molecular flexibility index (Phi) is 3.77. The summed E-state index contributed by atoms with van der Waals surface area (Å²) in [7, 11) is 0. The zero-order valence-electron chi connectivity index (χ0n) is 9.85. The van der Waals surface area contributed by atoms with E-state index in [2.05, 4.69) is 22.4 Å². The van der Waals surface area contributed by atoms with Crippen molar-refractivity contribution in [3.05, 3.63) is 47.8 Å². The molecule has 2 rings (SSSR count). The van der Waals surface area contributed by atoms with Crippen LogP contribution >= 0.6 is 0 Å². The topological polar surface area (TPSA) is 60.9 Å². The number of benzene rings is 1. The minimum absolute atomic E-state index is 0.291. The number of hydrogen-bond donors (Lipinski definition) is 3. The van der Waals surface area contributed by atoms with E-state index in [-0.39, 0.29) is 0 Å². The molecule has 4 heteroatoms. The summed E-state index contributed by atoms with van der Waals surface area (Å²) in [5, 5.41) is 19.5. The lowest BCUT2D eigenvalue weighted by Crippen LogP contribution is -2.20. The summed E-state index contributed by atoms with van der Waals surface area (Å²) < 4.78 is 0. The summed E-state index contributed by atoms with van der Waals surface area (Å²) in [5.41, 5.74) is 2.26. The highest BCUT2D eigenvalue weighted by Gasteiger charge is 2.08. The van der Waals surface area contributed by atoms with Gasteiger partial charge in [-0.2, -0.15) is 5.10 Å². The standard InChI is InChI=1S/C13H17N3O/c1-2-13(10-3-5-12(17)6-4-10)14-9-11-7-8-15-16-11/h3-8,13-14,17H,2,9H2,1H3,(H,15,16). The molecule has 1 atom stereocenters. The second kappa shape index (κ2) is 5.50. The average molecular weight is 231 g/mol. The van der Waals surface area contributed by atoms with E-state index in [1.165, 1.54) is 5.56 Å². The van der Waals surface area contributed by atoms with Crippen molar-refractivity contribution in [3.63, 3.8) is 0 Å². The van der Waals surface area contributed by atoms with E-state index in [4.69, 9.17) is 0 Å². The third kappa shape index (κ3) is 3.07. The first kappa shape index (κ1) is 11.7. The Morgan fingerprint density at radius 2 is 2.06 bits per heavy atom. The van der Waals surface area contributed by atoms with Gasteiger partial charge in [-0.3, -0.25) is 5.10 Å². The summed E-state index contributed by atoms with van der Waals surface area (Å²) >= 11 is 0. The molecule has 4 nitrogen and oxygen atoms in total. The molecule has 1 aromatic heterocycles. The molecule has 2 aromatic rings. The smallest absolute Gasteiger partial charge is 0.115 e. The van der Waals surface area contributed by atoms with Gasteiger partial charge in [0.25, 0.3) is 0 Å². The van der Waals surface area contributed by atoms with Crippen molar-refractivity contribution in [2.24, 2.45) is 0 Å². The maximum Gasteiger partial charge on any atom is 0.115 e. The fourth-order valence-electron chi connectivity index (χ4n) is 1.82. The van der Waals surface area contributed by atoms with E-state index in [0.29, 0.717) is 11.8 Å². The summed E-state index contributed by atoms with van der Waals surface area (Å²) in [6.45, 7) is 2.90. The van der Waals surface area contributed by atoms with Gasteiger partial charge in [-0.05, 0) is 30.2 Å². The molecule has 17 heavy (non-hydrogen) atoms. The van der Waals surface area contributed by atoms with Crippen molar-refractivity contribution in [1.82, 2.24) is 15.5 Å². The molecule has 0 saturated heterocycles. The van der Waals surface area contributed by atoms with E-state index in [1.807, 2.05) is 18.2 Å². The van der Waals surface area contributed by atoms with Crippen molar-refractivity contribution in [1.29, 1.82) is 0 Å². The molecule has 0 aliphatic heterocycles. The highest BCUT2D eigenvalue weighted by atomic mass is 16.3. The number of phenolic OH excluding ortho intramolecular Hbond substituents is 1. The average Bonchev–Trinajstić information content (AvgIpc) is 2.85. The Labute approximate surface area is 101 Å². The normalized spacial score (nSPS) is 12.5. The maximum absolute atomic E-state index is 9.26. The highest BCUT2D eigenvalue weighted by molar-refractivity contribution is 5.28. The van der Waals surface area contributed by atoms with E-state index >= 15 is 0 Å². The van der Waals surface area contributed by atoms with Gasteiger partial charge < -0.3 is 10.4 Å². The van der Waals surface area contributed by atoms with Gasteiger partial charge in [-0.1, -0.05) is 19.1 Å². The molecule has 1 heterocycles. The van der Waals surface area contributed by atoms with Crippen LogP contribution in [-0.4, -0.2) is 15.3 Å². The maximum atomic E-state index is 9.26. The molecule has 1 unspecified atom stereocenters. The van der Waals surface area contributed by atoms with Crippen LogP contribution in [0.4, 0.5) is 0 Å². The Balaban J connectivity index is 1.99. The summed E-state index contributed by atoms with van der Waals surface area (Å²) in [5.74, 6) is 0.303. The van der Waals surface area contributed by atoms with Gasteiger partial charge in [0.05, 0.1) is 0 Å². The summed E-state index contributed by atoms with van der Waals surface area (Å²) in [6, 6.07) is 9.58. The second-order valence-electron chi connectivity index (χ2n) is 4.02. The predicted octanol–water partition coefficient (Wildman–Crippen LogP) is 2.36. The highest BCUT2D eigenvalue weighted by Crippen LogP contribution is 2.19. The van der Waals surface area contributed by atoms with Gasteiger partial charge in [0.2, 0.25) is 0 Å². The van der Waals surface area contributed by atoms with Crippen molar-refractivity contribution in [2.45, 2.75) is 25.9 Å². The van der Waals surface area contributed by atoms with E-state index in [9.17, 15) is 5.11 Å². The number of hydrogen-bond acceptors (Lipinski definition) is 3. The van der Waals surface area contributed by atoms with Gasteiger partial charge >= 0.3 is 0 Å². The van der Waals surface area contributed by atoms with Gasteiger partial charge in [0.1, 0.15) is 5.75 Å². The molecule has 90 valence electrons. The number of nitrogens with one attached hydrogen (secondary N) is 2. The molecular formula is C13H17N3O. The number of aromatic nitrogens is 2. The van der Waals surface area contributed by atoms with Gasteiger partial charge in [-0.25, -0.2) is 0 Å². The third-order valence-corrected chi connectivity index (χ3v) is 2.80. The SMILES string of the molecule is CCC(NCc1ccn[nH]1)c1ccc(O)cc1. The van der Waals surface area contributed by atoms with Crippen LogP contribution in [0.25, 0.3) is 0 Å². The molecule has 0 radical (unpaired) electrons. The van der Waals surface area contributed by atoms with Gasteiger partial charge in [-0.15, -0.1) is 0 Å². The molecule has 0 saturated carbocycles. The number of nitrogens with zero attached hydrogens (tertiary/aromatic N) is 1. The van der Waals surface area contributed by atoms with Gasteiger partial charge in [0, 0.05) is 24.5 Å². The lowest BCUT2D eigenvalue weighted by atomic mass is 10.0. The van der Waals surface area contributed by atoms with Gasteiger partial charge in [0.15, 0.2) is 0 Å². The number of aromatic amines is 1. The number of aromatic hydroxyl groups is 1. The Morgan fingerprint density at radius 3 is 2.65 bits per heavy atom. The minimum Gasteiger partial charge on any atom is -0.508 e. The summed E-state index contributed by atoms with van der Waals surface area (Å²) in [4.78, 5) is 0. The molecule has 1 aromatic carbocycles. The van der Waals surface area contributed by atoms with Crippen LogP contribution in [0.5, 0.6) is 5.75 Å². The van der Waals surface area contributed by atoms with E-state index in [0.717, 1.165) is 18.7 Å². The van der Waals surface area contributed by atoms with Crippen molar-refractivity contribution in [3.8, 4) is 5.75 Å². The second-order valence-corrected chi connectivity index (χ2v) is 4.02. The number of H-pyrrole nitrogens is 1. The minimum atomic E-state index is 0.291. The van der Waals surface area contributed by atoms with Crippen LogP contribution in [-0.2, 0) is 6.54 Å². The van der Waals surface area contributed by atoms with Crippen LogP contribution in [0.3, 0.4) is 0 Å². The van der Waals surface area contributed by atoms with Crippen LogP contribution < -0.4 is 5.32 Å². The molecular weight excluding hydrogens is 214 g/mol. The Morgan fingerprint density at radius 1 is 1.29 bits per heavy atom. The molecule has 0 amide bonds. The fraction of sp³-hybridized carbons (Fsp3) is 0.308. The number of phenols is 1. The van der Waals surface area contributed by atoms with E-state index < -0.39 is 0 Å². The fourth-order valence-corrected chi connectivity index (χ4v) is 1.82. The van der Waals surface area contributed by atoms with Crippen molar-refractivity contribution in [2.75, 3.05) is 0 Å². The zero-order chi connectivity index (χ0) is 12.1. The molecule has 0 fully saturated rings. The van der Waals surface area contributed by atoms with Crippen LogP contribution in [0.2, 0.25) is 0 Å². The monoisotopic (exact) mass is 231 g/mol. The first-order chi connectivity index (χ1) is 8.29. The first-order valence-electron chi connectivity index (χ1n) is 5.80. The largest absolute Gasteiger partial charge is 0.508 e. The summed E-state index contributed by atoms with van der Waals surface area (Å²) in [6.07, 6.45) is 2.75. The lowest BCUT2D eigenvalue weighted by Gasteiger charge is -2.16. The van der Waals surface area contributed by atoms with Crippen molar-refractivity contribution < 1.29 is 5.11 Å². The van der Waals surface area contributed by atoms with Crippen LogP contribution in [0.15, 0.2) is 36.5 Å². The van der Waals surface area contributed by atoms with E-state index in [1.54, 1.807) is 18.3 Å². The quantitative estimate of drug-likeness (QED) is 0.740.